The molecule has 1 aromatic carbocycles. The lowest BCUT2D eigenvalue weighted by atomic mass is 9.89. The summed E-state index contributed by atoms with van der Waals surface area (Å²) in [5.74, 6) is -1.33. The Balaban J connectivity index is 1.55. The predicted molar refractivity (Wildman–Crippen MR) is 116 cm³/mol. The van der Waals surface area contributed by atoms with Gasteiger partial charge in [0, 0.05) is 25.2 Å². The summed E-state index contributed by atoms with van der Waals surface area (Å²) in [6.07, 6.45) is 0.874. The molecule has 0 bridgehead atoms. The highest BCUT2D eigenvalue weighted by atomic mass is 16.6. The Labute approximate surface area is 185 Å². The van der Waals surface area contributed by atoms with Crippen molar-refractivity contribution in [2.75, 3.05) is 18.0 Å². The average Bonchev–Trinajstić information content (AvgIpc) is 3.24. The molecule has 1 aliphatic heterocycles. The summed E-state index contributed by atoms with van der Waals surface area (Å²) >= 11 is 0. The van der Waals surface area contributed by atoms with Crippen LogP contribution in [0.2, 0.25) is 0 Å². The quantitative estimate of drug-likeness (QED) is 0.435. The number of rotatable bonds is 5. The molecule has 1 N–H and O–H groups in total. The highest BCUT2D eigenvalue weighted by Gasteiger charge is 2.35. The van der Waals surface area contributed by atoms with E-state index in [4.69, 9.17) is 4.74 Å². The van der Waals surface area contributed by atoms with E-state index in [0.717, 1.165) is 11.3 Å². The first-order chi connectivity index (χ1) is 15.2. The topological polar surface area (TPSA) is 111 Å². The molecule has 1 aliphatic carbocycles. The molecule has 4 rings (SSSR count). The number of amides is 2. The second-order valence-electron chi connectivity index (χ2n) is 8.36. The fraction of sp³-hybridized carbons (Fsp3) is 0.435. The third-order valence-electron chi connectivity index (χ3n) is 5.95. The van der Waals surface area contributed by atoms with Gasteiger partial charge in [-0.15, -0.1) is 0 Å². The van der Waals surface area contributed by atoms with Crippen LogP contribution in [0.4, 0.5) is 10.5 Å². The molecule has 32 heavy (non-hydrogen) atoms. The van der Waals surface area contributed by atoms with Crippen LogP contribution in [0.1, 0.15) is 51.9 Å². The monoisotopic (exact) mass is 438 g/mol. The van der Waals surface area contributed by atoms with Crippen LogP contribution in [0.15, 0.2) is 24.3 Å². The second kappa shape index (κ2) is 8.57. The van der Waals surface area contributed by atoms with Gasteiger partial charge >= 0.3 is 6.09 Å². The SMILES string of the molecule is CC(=O)NCC1CN(c2ccc3c(c2)CCCC(C(=O)c2cc(C)nn2C)C3=O)C(=O)O1. The molecule has 1 aromatic heterocycles. The number of fused-ring (bicyclic) bond motifs is 1. The summed E-state index contributed by atoms with van der Waals surface area (Å²) < 4.78 is 6.86. The molecular weight excluding hydrogens is 412 g/mol. The first kappa shape index (κ1) is 21.7. The molecule has 9 nitrogen and oxygen atoms in total. The van der Waals surface area contributed by atoms with E-state index in [1.807, 2.05) is 13.0 Å². The van der Waals surface area contributed by atoms with E-state index in [9.17, 15) is 19.2 Å². The minimum absolute atomic E-state index is 0.187. The summed E-state index contributed by atoms with van der Waals surface area (Å²) in [4.78, 5) is 51.3. The van der Waals surface area contributed by atoms with Crippen molar-refractivity contribution in [3.63, 3.8) is 0 Å². The fourth-order valence-corrected chi connectivity index (χ4v) is 4.38. The zero-order chi connectivity index (χ0) is 23.0. The fourth-order valence-electron chi connectivity index (χ4n) is 4.38. The third kappa shape index (κ3) is 4.15. The Kier molecular flexibility index (Phi) is 5.82. The number of carbonyl (C=O) groups is 4. The Morgan fingerprint density at radius 2 is 2.03 bits per heavy atom. The van der Waals surface area contributed by atoms with E-state index in [1.165, 1.54) is 16.5 Å². The number of Topliss-reactive ketones (excluding diaryl/α,β-unsaturated/α-hetero) is 2. The van der Waals surface area contributed by atoms with Gasteiger partial charge in [0.05, 0.1) is 24.7 Å². The summed E-state index contributed by atoms with van der Waals surface area (Å²) in [5, 5.41) is 6.88. The molecule has 0 radical (unpaired) electrons. The summed E-state index contributed by atoms with van der Waals surface area (Å²) in [6, 6.07) is 6.94. The van der Waals surface area contributed by atoms with E-state index in [1.54, 1.807) is 25.2 Å². The van der Waals surface area contributed by atoms with Crippen LogP contribution in [-0.2, 0) is 23.0 Å². The lowest BCUT2D eigenvalue weighted by molar-refractivity contribution is -0.119. The average molecular weight is 438 g/mol. The van der Waals surface area contributed by atoms with Crippen LogP contribution in [0.5, 0.6) is 0 Å². The maximum atomic E-state index is 13.3. The van der Waals surface area contributed by atoms with Gasteiger partial charge < -0.3 is 10.1 Å². The van der Waals surface area contributed by atoms with E-state index in [-0.39, 0.29) is 24.0 Å². The number of nitrogens with one attached hydrogen (secondary N) is 1. The maximum absolute atomic E-state index is 13.3. The first-order valence-electron chi connectivity index (χ1n) is 10.7. The van der Waals surface area contributed by atoms with Crippen molar-refractivity contribution in [1.82, 2.24) is 15.1 Å². The Morgan fingerprint density at radius 3 is 2.72 bits per heavy atom. The number of benzene rings is 1. The number of carbonyl (C=O) groups excluding carboxylic acids is 4. The molecule has 2 heterocycles. The minimum atomic E-state index is -0.740. The van der Waals surface area contributed by atoms with Crippen LogP contribution in [0, 0.1) is 12.8 Å². The van der Waals surface area contributed by atoms with Gasteiger partial charge in [-0.3, -0.25) is 24.0 Å². The van der Waals surface area contributed by atoms with Gasteiger partial charge in [0.15, 0.2) is 11.6 Å². The molecule has 2 aliphatic rings. The number of aryl methyl sites for hydroxylation is 3. The van der Waals surface area contributed by atoms with Crippen molar-refractivity contribution in [2.24, 2.45) is 13.0 Å². The lowest BCUT2D eigenvalue weighted by Crippen LogP contribution is -2.33. The van der Waals surface area contributed by atoms with E-state index in [2.05, 4.69) is 10.4 Å². The van der Waals surface area contributed by atoms with Crippen molar-refractivity contribution < 1.29 is 23.9 Å². The number of aromatic nitrogens is 2. The third-order valence-corrected chi connectivity index (χ3v) is 5.95. The van der Waals surface area contributed by atoms with Crippen molar-refractivity contribution in [2.45, 2.75) is 39.2 Å². The molecule has 2 aromatic rings. The number of hydrogen-bond acceptors (Lipinski definition) is 6. The number of cyclic esters (lactones) is 1. The normalized spacial score (nSPS) is 20.5. The molecule has 168 valence electrons. The van der Waals surface area contributed by atoms with E-state index < -0.39 is 18.1 Å². The lowest BCUT2D eigenvalue weighted by Gasteiger charge is -2.16. The van der Waals surface area contributed by atoms with Crippen LogP contribution < -0.4 is 10.2 Å². The van der Waals surface area contributed by atoms with Gasteiger partial charge in [-0.1, -0.05) is 0 Å². The molecule has 2 atom stereocenters. The largest absolute Gasteiger partial charge is 0.442 e. The minimum Gasteiger partial charge on any atom is -0.442 e. The van der Waals surface area contributed by atoms with Gasteiger partial charge in [0.2, 0.25) is 5.91 Å². The number of ether oxygens (including phenoxy) is 1. The number of nitrogens with zero attached hydrogens (tertiary/aromatic N) is 3. The summed E-state index contributed by atoms with van der Waals surface area (Å²) in [7, 11) is 1.70. The number of anilines is 1. The smallest absolute Gasteiger partial charge is 0.414 e. The van der Waals surface area contributed by atoms with E-state index in [0.29, 0.717) is 42.8 Å². The van der Waals surface area contributed by atoms with Crippen molar-refractivity contribution >= 4 is 29.3 Å². The van der Waals surface area contributed by atoms with Gasteiger partial charge in [-0.05, 0) is 56.0 Å². The van der Waals surface area contributed by atoms with Gasteiger partial charge in [0.1, 0.15) is 11.8 Å². The van der Waals surface area contributed by atoms with Crippen LogP contribution in [0.25, 0.3) is 0 Å². The van der Waals surface area contributed by atoms with E-state index >= 15 is 0 Å². The Hall–Kier alpha value is -3.49. The standard InChI is InChI=1S/C23H26N4O5/c1-13-9-20(26(3)25-13)22(30)19-6-4-5-15-10-16(7-8-18(15)21(19)29)27-12-17(32-23(27)31)11-24-14(2)28/h7-10,17,19H,4-6,11-12H2,1-3H3,(H,24,28). The molecule has 1 fully saturated rings. The second-order valence-corrected chi connectivity index (χ2v) is 8.36. The van der Waals surface area contributed by atoms with Gasteiger partial charge in [-0.25, -0.2) is 4.79 Å². The molecule has 1 saturated heterocycles. The van der Waals surface area contributed by atoms with Crippen LogP contribution in [-0.4, -0.2) is 52.5 Å². The molecule has 0 saturated carbocycles. The van der Waals surface area contributed by atoms with Crippen LogP contribution in [0.3, 0.4) is 0 Å². The Bertz CT molecular complexity index is 1110. The highest BCUT2D eigenvalue weighted by molar-refractivity contribution is 6.16. The predicted octanol–water partition coefficient (Wildman–Crippen LogP) is 2.21. The van der Waals surface area contributed by atoms with Gasteiger partial charge in [-0.2, -0.15) is 5.10 Å². The van der Waals surface area contributed by atoms with Crippen molar-refractivity contribution in [3.05, 3.63) is 46.8 Å². The summed E-state index contributed by atoms with van der Waals surface area (Å²) in [6.45, 7) is 3.78. The van der Waals surface area contributed by atoms with Crippen molar-refractivity contribution in [3.8, 4) is 0 Å². The Morgan fingerprint density at radius 1 is 1.25 bits per heavy atom. The molecule has 2 amide bonds. The highest BCUT2D eigenvalue weighted by Crippen LogP contribution is 2.31. The van der Waals surface area contributed by atoms with Gasteiger partial charge in [0.25, 0.3) is 0 Å². The zero-order valence-corrected chi connectivity index (χ0v) is 18.4. The number of hydrogen-bond donors (Lipinski definition) is 1. The van der Waals surface area contributed by atoms with Crippen LogP contribution >= 0.6 is 0 Å². The molecule has 0 spiro atoms. The number of ketones is 2. The summed E-state index contributed by atoms with van der Waals surface area (Å²) in [5.41, 5.74) is 3.15. The molecular formula is C23H26N4O5. The molecule has 2 unspecified atom stereocenters. The maximum Gasteiger partial charge on any atom is 0.414 e. The molecule has 9 heteroatoms. The van der Waals surface area contributed by atoms with Crippen molar-refractivity contribution in [1.29, 1.82) is 0 Å². The first-order valence-corrected chi connectivity index (χ1v) is 10.7. The zero-order valence-electron chi connectivity index (χ0n) is 18.4.